The molecule has 0 aliphatic rings. The number of aromatic nitrogens is 2. The third kappa shape index (κ3) is 2.84. The highest BCUT2D eigenvalue weighted by molar-refractivity contribution is 7.17. The van der Waals surface area contributed by atoms with E-state index in [1.165, 1.54) is 10.2 Å². The van der Waals surface area contributed by atoms with Crippen LogP contribution >= 0.6 is 11.3 Å². The molecule has 0 amide bonds. The molecule has 26 heavy (non-hydrogen) atoms. The van der Waals surface area contributed by atoms with Gasteiger partial charge in [-0.15, -0.1) is 11.3 Å². The fourth-order valence-corrected chi connectivity index (χ4v) is 4.15. The van der Waals surface area contributed by atoms with Gasteiger partial charge in [-0.25, -0.2) is 0 Å². The van der Waals surface area contributed by atoms with Crippen molar-refractivity contribution in [3.63, 3.8) is 0 Å². The summed E-state index contributed by atoms with van der Waals surface area (Å²) in [6.07, 6.45) is 0.868. The molecule has 0 radical (unpaired) electrons. The van der Waals surface area contributed by atoms with Gasteiger partial charge in [0.1, 0.15) is 18.2 Å². The molecule has 0 saturated carbocycles. The molecular formula is C21H21N3OS. The van der Waals surface area contributed by atoms with Crippen LogP contribution in [0, 0.1) is 5.41 Å². The number of fused-ring (bicyclic) bond motifs is 1. The van der Waals surface area contributed by atoms with Gasteiger partial charge in [-0.3, -0.25) is 9.98 Å². The maximum absolute atomic E-state index is 8.63. The molecular weight excluding hydrogens is 342 g/mol. The van der Waals surface area contributed by atoms with Crippen molar-refractivity contribution in [2.24, 2.45) is 7.05 Å². The van der Waals surface area contributed by atoms with Crippen molar-refractivity contribution >= 4 is 27.4 Å². The molecule has 0 bridgehead atoms. The number of ether oxygens (including phenoxy) is 1. The van der Waals surface area contributed by atoms with Gasteiger partial charge in [-0.1, -0.05) is 25.1 Å². The number of para-hydroxylation sites is 1. The van der Waals surface area contributed by atoms with Gasteiger partial charge < -0.3 is 9.30 Å². The predicted octanol–water partition coefficient (Wildman–Crippen LogP) is 5.18. The predicted molar refractivity (Wildman–Crippen MR) is 109 cm³/mol. The Morgan fingerprint density at radius 3 is 2.62 bits per heavy atom. The van der Waals surface area contributed by atoms with Crippen molar-refractivity contribution in [3.8, 4) is 17.1 Å². The molecule has 0 unspecified atom stereocenters. The fraction of sp³-hybridized carbons (Fsp3) is 0.190. The smallest absolute Gasteiger partial charge is 0.146 e. The molecule has 0 aliphatic heterocycles. The molecule has 0 saturated heterocycles. The molecule has 4 nitrogen and oxygen atoms in total. The van der Waals surface area contributed by atoms with Gasteiger partial charge in [0.25, 0.3) is 0 Å². The number of aryl methyl sites for hydroxylation is 2. The Morgan fingerprint density at radius 1 is 1.08 bits per heavy atom. The molecule has 4 rings (SSSR count). The van der Waals surface area contributed by atoms with Crippen LogP contribution in [0.4, 0.5) is 0 Å². The van der Waals surface area contributed by atoms with Crippen molar-refractivity contribution < 1.29 is 4.74 Å². The second-order valence-electron chi connectivity index (χ2n) is 6.21. The van der Waals surface area contributed by atoms with Crippen LogP contribution in [0.2, 0.25) is 0 Å². The zero-order chi connectivity index (χ0) is 18.1. The zero-order valence-electron chi connectivity index (χ0n) is 14.9. The lowest BCUT2D eigenvalue weighted by atomic mass is 10.3. The maximum Gasteiger partial charge on any atom is 0.146 e. The first-order valence-electron chi connectivity index (χ1n) is 8.68. The number of rotatable bonds is 5. The number of nitrogens with one attached hydrogen (secondary N) is 1. The summed E-state index contributed by atoms with van der Waals surface area (Å²) in [5.74, 6) is 1.22. The Morgan fingerprint density at radius 2 is 1.88 bits per heavy atom. The van der Waals surface area contributed by atoms with Gasteiger partial charge in [0, 0.05) is 12.7 Å². The zero-order valence-corrected chi connectivity index (χ0v) is 15.7. The van der Waals surface area contributed by atoms with Crippen molar-refractivity contribution in [2.45, 2.75) is 13.3 Å². The summed E-state index contributed by atoms with van der Waals surface area (Å²) < 4.78 is 11.3. The molecule has 3 heterocycles. The highest BCUT2D eigenvalue weighted by atomic mass is 32.1. The summed E-state index contributed by atoms with van der Waals surface area (Å²) in [6.45, 7) is 2.35. The van der Waals surface area contributed by atoms with Gasteiger partial charge in [0.2, 0.25) is 0 Å². The Balaban J connectivity index is 1.69. The average Bonchev–Trinajstić information content (AvgIpc) is 3.36. The van der Waals surface area contributed by atoms with E-state index in [4.69, 9.17) is 10.1 Å². The molecule has 0 fully saturated rings. The van der Waals surface area contributed by atoms with Crippen LogP contribution in [0.3, 0.4) is 0 Å². The van der Waals surface area contributed by atoms with E-state index in [9.17, 15) is 0 Å². The normalized spacial score (nSPS) is 11.2. The van der Waals surface area contributed by atoms with Gasteiger partial charge >= 0.3 is 0 Å². The Kier molecular flexibility index (Phi) is 4.39. The van der Waals surface area contributed by atoms with Gasteiger partial charge in [0.15, 0.2) is 0 Å². The molecule has 0 aliphatic carbocycles. The standard InChI is InChI=1S/C21H21N3OS/c1-3-15-9-10-17(19-13-20-18(23(19)2)11-12-26-20)24(15)21(22)14-25-16-7-5-4-6-8-16/h4-13,22H,3,14H2,1-2H3. The minimum absolute atomic E-state index is 0.234. The van der Waals surface area contributed by atoms with Crippen molar-refractivity contribution in [2.75, 3.05) is 6.61 Å². The quantitative estimate of drug-likeness (QED) is 0.385. The van der Waals surface area contributed by atoms with Gasteiger partial charge in [0.05, 0.1) is 21.6 Å². The summed E-state index contributed by atoms with van der Waals surface area (Å²) in [6, 6.07) is 18.2. The summed E-state index contributed by atoms with van der Waals surface area (Å²) in [5.41, 5.74) is 4.50. The van der Waals surface area contributed by atoms with Crippen LogP contribution in [0.1, 0.15) is 12.6 Å². The van der Waals surface area contributed by atoms with Crippen molar-refractivity contribution in [3.05, 3.63) is 65.7 Å². The highest BCUT2D eigenvalue weighted by Gasteiger charge is 2.17. The largest absolute Gasteiger partial charge is 0.486 e. The van der Waals surface area contributed by atoms with Crippen molar-refractivity contribution in [1.29, 1.82) is 5.41 Å². The third-order valence-electron chi connectivity index (χ3n) is 4.64. The Bertz CT molecular complexity index is 1060. The lowest BCUT2D eigenvalue weighted by Gasteiger charge is -2.15. The molecule has 5 heteroatoms. The van der Waals surface area contributed by atoms with E-state index in [2.05, 4.69) is 48.2 Å². The van der Waals surface area contributed by atoms with E-state index in [1.54, 1.807) is 11.3 Å². The van der Waals surface area contributed by atoms with Crippen LogP contribution < -0.4 is 4.74 Å². The lowest BCUT2D eigenvalue weighted by molar-refractivity contribution is 0.371. The molecule has 0 spiro atoms. The SMILES string of the molecule is CCc1ccc(-c2cc3sccc3n2C)n1C(=N)COc1ccccc1. The molecule has 0 atom stereocenters. The van der Waals surface area contributed by atoms with Crippen LogP contribution in [0.25, 0.3) is 21.6 Å². The molecule has 4 aromatic rings. The maximum atomic E-state index is 8.63. The Labute approximate surface area is 156 Å². The van der Waals surface area contributed by atoms with Crippen molar-refractivity contribution in [1.82, 2.24) is 9.13 Å². The van der Waals surface area contributed by atoms with Crippen LogP contribution in [0.5, 0.6) is 5.75 Å². The minimum Gasteiger partial charge on any atom is -0.486 e. The van der Waals surface area contributed by atoms with Crippen LogP contribution in [0.15, 0.2) is 60.0 Å². The van der Waals surface area contributed by atoms with E-state index in [1.807, 2.05) is 34.9 Å². The number of hydrogen-bond donors (Lipinski definition) is 1. The molecule has 1 N–H and O–H groups in total. The van der Waals surface area contributed by atoms with Crippen LogP contribution in [-0.4, -0.2) is 21.6 Å². The highest BCUT2D eigenvalue weighted by Crippen LogP contribution is 2.31. The number of thiophene rings is 1. The van der Waals surface area contributed by atoms with Gasteiger partial charge in [-0.05, 0) is 48.2 Å². The topological polar surface area (TPSA) is 42.9 Å². The number of benzene rings is 1. The van der Waals surface area contributed by atoms with E-state index in [0.717, 1.165) is 29.3 Å². The summed E-state index contributed by atoms with van der Waals surface area (Å²) in [4.78, 5) is 0. The van der Waals surface area contributed by atoms with E-state index < -0.39 is 0 Å². The van der Waals surface area contributed by atoms with E-state index in [0.29, 0.717) is 5.84 Å². The van der Waals surface area contributed by atoms with Gasteiger partial charge in [-0.2, -0.15) is 0 Å². The monoisotopic (exact) mass is 363 g/mol. The first-order valence-corrected chi connectivity index (χ1v) is 9.56. The minimum atomic E-state index is 0.234. The van der Waals surface area contributed by atoms with E-state index in [-0.39, 0.29) is 6.61 Å². The first-order chi connectivity index (χ1) is 12.7. The van der Waals surface area contributed by atoms with Crippen LogP contribution in [-0.2, 0) is 13.5 Å². The average molecular weight is 363 g/mol. The number of hydrogen-bond acceptors (Lipinski definition) is 3. The summed E-state index contributed by atoms with van der Waals surface area (Å²) in [5, 5.41) is 10.7. The first kappa shape index (κ1) is 16.7. The number of nitrogens with zero attached hydrogens (tertiary/aromatic N) is 2. The lowest BCUT2D eigenvalue weighted by Crippen LogP contribution is -2.22. The third-order valence-corrected chi connectivity index (χ3v) is 5.49. The summed E-state index contributed by atoms with van der Waals surface area (Å²) in [7, 11) is 2.08. The molecule has 132 valence electrons. The second kappa shape index (κ2) is 6.84. The second-order valence-corrected chi connectivity index (χ2v) is 7.15. The Hall–Kier alpha value is -2.79. The fourth-order valence-electron chi connectivity index (χ4n) is 3.30. The molecule has 1 aromatic carbocycles. The van der Waals surface area contributed by atoms with E-state index >= 15 is 0 Å². The molecule has 3 aromatic heterocycles. The summed E-state index contributed by atoms with van der Waals surface area (Å²) >= 11 is 1.74.